The summed E-state index contributed by atoms with van der Waals surface area (Å²) < 4.78 is 0. The van der Waals surface area contributed by atoms with Gasteiger partial charge in [-0.05, 0) is 12.0 Å². The monoisotopic (exact) mass is 250 g/mol. The maximum atomic E-state index is 11.6. The molecule has 0 aromatic carbocycles. The highest BCUT2D eigenvalue weighted by Gasteiger charge is 2.09. The fourth-order valence-corrected chi connectivity index (χ4v) is 2.20. The van der Waals surface area contributed by atoms with Crippen LogP contribution in [0, 0.1) is 0 Å². The number of nitrogens with one attached hydrogen (secondary N) is 2. The summed E-state index contributed by atoms with van der Waals surface area (Å²) >= 11 is 1.57. The third-order valence-corrected chi connectivity index (χ3v) is 3.17. The highest BCUT2D eigenvalue weighted by molar-refractivity contribution is 7.09. The van der Waals surface area contributed by atoms with Crippen LogP contribution in [-0.4, -0.2) is 21.1 Å². The lowest BCUT2D eigenvalue weighted by molar-refractivity contribution is 0.0946. The van der Waals surface area contributed by atoms with Crippen LogP contribution in [0.1, 0.15) is 41.0 Å². The van der Waals surface area contributed by atoms with Crippen LogP contribution < -0.4 is 5.32 Å². The molecule has 0 fully saturated rings. The van der Waals surface area contributed by atoms with Crippen LogP contribution in [0.25, 0.3) is 0 Å². The van der Waals surface area contributed by atoms with E-state index in [0.29, 0.717) is 18.2 Å². The standard InChI is InChI=1S/C11H14N4OS/c1-7(2)9-6-17-10(14-9)5-12-11(16)8-3-4-13-15-8/h3-4,6-7H,5H2,1-2H3,(H,12,16)(H,13,15). The van der Waals surface area contributed by atoms with Crippen molar-refractivity contribution in [3.8, 4) is 0 Å². The van der Waals surface area contributed by atoms with Crippen molar-refractivity contribution in [2.45, 2.75) is 26.3 Å². The molecule has 0 aliphatic rings. The van der Waals surface area contributed by atoms with Gasteiger partial charge in [0, 0.05) is 11.6 Å². The van der Waals surface area contributed by atoms with Gasteiger partial charge in [0.05, 0.1) is 12.2 Å². The van der Waals surface area contributed by atoms with Crippen molar-refractivity contribution in [2.24, 2.45) is 0 Å². The van der Waals surface area contributed by atoms with Crippen molar-refractivity contribution in [2.75, 3.05) is 0 Å². The lowest BCUT2D eigenvalue weighted by Crippen LogP contribution is -2.23. The molecule has 1 amide bonds. The number of thiazole rings is 1. The van der Waals surface area contributed by atoms with Gasteiger partial charge in [-0.2, -0.15) is 5.10 Å². The van der Waals surface area contributed by atoms with Crippen LogP contribution in [0.4, 0.5) is 0 Å². The van der Waals surface area contributed by atoms with Crippen molar-refractivity contribution < 1.29 is 4.79 Å². The molecule has 2 rings (SSSR count). The van der Waals surface area contributed by atoms with Gasteiger partial charge in [-0.25, -0.2) is 4.98 Å². The second kappa shape index (κ2) is 5.09. The Morgan fingerprint density at radius 3 is 3.00 bits per heavy atom. The molecule has 2 heterocycles. The van der Waals surface area contributed by atoms with Crippen LogP contribution in [0.5, 0.6) is 0 Å². The first-order valence-corrected chi connectivity index (χ1v) is 6.26. The zero-order valence-corrected chi connectivity index (χ0v) is 10.5. The van der Waals surface area contributed by atoms with Crippen LogP contribution in [-0.2, 0) is 6.54 Å². The predicted octanol–water partition coefficient (Wildman–Crippen LogP) is 1.92. The van der Waals surface area contributed by atoms with E-state index >= 15 is 0 Å². The highest BCUT2D eigenvalue weighted by atomic mass is 32.1. The maximum absolute atomic E-state index is 11.6. The maximum Gasteiger partial charge on any atom is 0.269 e. The van der Waals surface area contributed by atoms with Crippen LogP contribution in [0.2, 0.25) is 0 Å². The summed E-state index contributed by atoms with van der Waals surface area (Å²) in [7, 11) is 0. The first-order chi connectivity index (χ1) is 8.16. The van der Waals surface area contributed by atoms with E-state index in [9.17, 15) is 4.79 Å². The van der Waals surface area contributed by atoms with Gasteiger partial charge in [-0.1, -0.05) is 13.8 Å². The molecule has 0 aliphatic carbocycles. The molecule has 0 saturated heterocycles. The number of carbonyl (C=O) groups excluding carboxylic acids is 1. The first kappa shape index (κ1) is 11.8. The Morgan fingerprint density at radius 1 is 1.59 bits per heavy atom. The zero-order valence-electron chi connectivity index (χ0n) is 9.73. The summed E-state index contributed by atoms with van der Waals surface area (Å²) in [6.07, 6.45) is 1.55. The topological polar surface area (TPSA) is 70.7 Å². The third-order valence-electron chi connectivity index (χ3n) is 2.31. The van der Waals surface area contributed by atoms with Crippen molar-refractivity contribution in [1.82, 2.24) is 20.5 Å². The third kappa shape index (κ3) is 2.91. The van der Waals surface area contributed by atoms with Gasteiger partial charge < -0.3 is 5.32 Å². The summed E-state index contributed by atoms with van der Waals surface area (Å²) in [6, 6.07) is 1.64. The number of H-pyrrole nitrogens is 1. The second-order valence-electron chi connectivity index (χ2n) is 3.97. The smallest absolute Gasteiger partial charge is 0.269 e. The molecule has 2 N–H and O–H groups in total. The fourth-order valence-electron chi connectivity index (χ4n) is 1.30. The number of hydrogen-bond acceptors (Lipinski definition) is 4. The van der Waals surface area contributed by atoms with Gasteiger partial charge in [0.2, 0.25) is 0 Å². The molecular formula is C11H14N4OS. The van der Waals surface area contributed by atoms with E-state index in [-0.39, 0.29) is 5.91 Å². The molecule has 5 nitrogen and oxygen atoms in total. The quantitative estimate of drug-likeness (QED) is 0.871. The minimum atomic E-state index is -0.163. The molecule has 90 valence electrons. The molecule has 0 saturated carbocycles. The molecule has 6 heteroatoms. The largest absolute Gasteiger partial charge is 0.344 e. The van der Waals surface area contributed by atoms with Crippen molar-refractivity contribution in [3.63, 3.8) is 0 Å². The minimum absolute atomic E-state index is 0.163. The molecule has 2 aromatic heterocycles. The summed E-state index contributed by atoms with van der Waals surface area (Å²) in [5, 5.41) is 12.1. The van der Waals surface area contributed by atoms with Crippen molar-refractivity contribution in [1.29, 1.82) is 0 Å². The van der Waals surface area contributed by atoms with Crippen LogP contribution >= 0.6 is 11.3 Å². The Labute approximate surface area is 103 Å². The number of rotatable bonds is 4. The molecule has 0 atom stereocenters. The highest BCUT2D eigenvalue weighted by Crippen LogP contribution is 2.17. The normalized spacial score (nSPS) is 10.8. The Balaban J connectivity index is 1.91. The van der Waals surface area contributed by atoms with Gasteiger partial charge in [-0.3, -0.25) is 9.89 Å². The number of aromatic nitrogens is 3. The molecule has 0 spiro atoms. The van der Waals surface area contributed by atoms with Gasteiger partial charge in [0.15, 0.2) is 0 Å². The number of carbonyl (C=O) groups is 1. The van der Waals surface area contributed by atoms with E-state index in [1.54, 1.807) is 23.6 Å². The van der Waals surface area contributed by atoms with Gasteiger partial charge >= 0.3 is 0 Å². The van der Waals surface area contributed by atoms with Gasteiger partial charge in [-0.15, -0.1) is 11.3 Å². The molecule has 0 aliphatic heterocycles. The number of nitrogens with zero attached hydrogens (tertiary/aromatic N) is 2. The Bertz CT molecular complexity index is 489. The number of amides is 1. The van der Waals surface area contributed by atoms with E-state index in [4.69, 9.17) is 0 Å². The average Bonchev–Trinajstić information content (AvgIpc) is 2.97. The average molecular weight is 250 g/mol. The first-order valence-electron chi connectivity index (χ1n) is 5.38. The number of aromatic amines is 1. The lowest BCUT2D eigenvalue weighted by atomic mass is 10.2. The van der Waals surface area contributed by atoms with Gasteiger partial charge in [0.1, 0.15) is 10.7 Å². The molecule has 0 bridgehead atoms. The molecular weight excluding hydrogens is 236 g/mol. The minimum Gasteiger partial charge on any atom is -0.344 e. The Morgan fingerprint density at radius 2 is 2.41 bits per heavy atom. The SMILES string of the molecule is CC(C)c1csc(CNC(=O)c2ccn[nH]2)n1. The summed E-state index contributed by atoms with van der Waals surface area (Å²) in [6.45, 7) is 4.65. The summed E-state index contributed by atoms with van der Waals surface area (Å²) in [5.41, 5.74) is 1.53. The Kier molecular flexibility index (Phi) is 3.53. The zero-order chi connectivity index (χ0) is 12.3. The molecule has 2 aromatic rings. The number of hydrogen-bond donors (Lipinski definition) is 2. The second-order valence-corrected chi connectivity index (χ2v) is 4.92. The lowest BCUT2D eigenvalue weighted by Gasteiger charge is -2.00. The Hall–Kier alpha value is -1.69. The summed E-state index contributed by atoms with van der Waals surface area (Å²) in [4.78, 5) is 16.1. The predicted molar refractivity (Wildman–Crippen MR) is 66.0 cm³/mol. The van der Waals surface area contributed by atoms with Crippen LogP contribution in [0.3, 0.4) is 0 Å². The van der Waals surface area contributed by atoms with E-state index in [0.717, 1.165) is 10.7 Å². The van der Waals surface area contributed by atoms with Gasteiger partial charge in [0.25, 0.3) is 5.91 Å². The molecule has 0 unspecified atom stereocenters. The van der Waals surface area contributed by atoms with Crippen molar-refractivity contribution in [3.05, 3.63) is 34.0 Å². The van der Waals surface area contributed by atoms with E-state index < -0.39 is 0 Å². The van der Waals surface area contributed by atoms with E-state index in [1.165, 1.54) is 0 Å². The van der Waals surface area contributed by atoms with Crippen molar-refractivity contribution >= 4 is 17.2 Å². The summed E-state index contributed by atoms with van der Waals surface area (Å²) in [5.74, 6) is 0.257. The molecule has 0 radical (unpaired) electrons. The van der Waals surface area contributed by atoms with E-state index in [2.05, 4.69) is 34.3 Å². The molecule has 17 heavy (non-hydrogen) atoms. The van der Waals surface area contributed by atoms with E-state index in [1.807, 2.05) is 5.38 Å². The fraction of sp³-hybridized carbons (Fsp3) is 0.364. The van der Waals surface area contributed by atoms with Crippen LogP contribution in [0.15, 0.2) is 17.6 Å².